The SMILES string of the molecule is C[C@]12CCC(=O)C[C@@H]1CC[C@H]1[C@H]3CC[C@H](OC(=O)CCN4CCOCC4)[C@@]3(C)CC[C@@H]12. The lowest BCUT2D eigenvalue weighted by molar-refractivity contribution is -0.164. The van der Waals surface area contributed by atoms with Crippen LogP contribution in [0.4, 0.5) is 0 Å². The van der Waals surface area contributed by atoms with E-state index in [2.05, 4.69) is 18.7 Å². The second-order valence-electron chi connectivity index (χ2n) is 11.7. The van der Waals surface area contributed by atoms with Crippen molar-refractivity contribution < 1.29 is 19.1 Å². The number of hydrogen-bond donors (Lipinski definition) is 0. The Hall–Kier alpha value is -0.940. The van der Waals surface area contributed by atoms with Gasteiger partial charge in [-0.15, -0.1) is 0 Å². The Kier molecular flexibility index (Phi) is 5.96. The number of ketones is 1. The first kappa shape index (κ1) is 21.9. The molecule has 1 aliphatic heterocycles. The molecule has 31 heavy (non-hydrogen) atoms. The van der Waals surface area contributed by atoms with Crippen LogP contribution in [0, 0.1) is 34.5 Å². The number of carbonyl (C=O) groups is 2. The molecule has 0 aromatic heterocycles. The number of Topliss-reactive ketones (excluding diaryl/α,β-unsaturated/α-hetero) is 1. The average Bonchev–Trinajstić information content (AvgIpc) is 3.10. The van der Waals surface area contributed by atoms with E-state index in [9.17, 15) is 9.59 Å². The van der Waals surface area contributed by atoms with E-state index in [1.54, 1.807) is 0 Å². The highest BCUT2D eigenvalue weighted by atomic mass is 16.5. The van der Waals surface area contributed by atoms with Gasteiger partial charge in [0.15, 0.2) is 0 Å². The lowest BCUT2D eigenvalue weighted by atomic mass is 9.45. The van der Waals surface area contributed by atoms with Crippen molar-refractivity contribution in [2.75, 3.05) is 32.8 Å². The second kappa shape index (κ2) is 8.44. The van der Waals surface area contributed by atoms with E-state index in [0.29, 0.717) is 29.5 Å². The standard InChI is InChI=1S/C26H41NO4/c1-25-10-7-19(28)17-18(25)3-4-20-21-5-6-23(26(21,2)11-8-22(20)25)31-24(29)9-12-27-13-15-30-16-14-27/h18,20-23H,3-17H2,1-2H3/t18-,20-,21+,22-,23-,25-,26-/m0/s1. The molecule has 7 atom stereocenters. The van der Waals surface area contributed by atoms with E-state index in [1.165, 1.54) is 32.1 Å². The maximum atomic E-state index is 12.7. The van der Waals surface area contributed by atoms with Crippen molar-refractivity contribution in [2.24, 2.45) is 34.5 Å². The van der Waals surface area contributed by atoms with Gasteiger partial charge in [0.25, 0.3) is 0 Å². The van der Waals surface area contributed by atoms with Gasteiger partial charge in [-0.2, -0.15) is 0 Å². The van der Waals surface area contributed by atoms with Gasteiger partial charge in [-0.25, -0.2) is 0 Å². The highest BCUT2D eigenvalue weighted by Crippen LogP contribution is 2.66. The van der Waals surface area contributed by atoms with Crippen molar-refractivity contribution >= 4 is 11.8 Å². The minimum absolute atomic E-state index is 0.0121. The van der Waals surface area contributed by atoms with Crippen LogP contribution in [0.5, 0.6) is 0 Å². The predicted octanol–water partition coefficient (Wildman–Crippen LogP) is 4.23. The third-order valence-electron chi connectivity index (χ3n) is 10.4. The number of nitrogens with zero attached hydrogens (tertiary/aromatic N) is 1. The number of rotatable bonds is 4. The fourth-order valence-corrected chi connectivity index (χ4v) is 8.48. The maximum absolute atomic E-state index is 12.7. The third-order valence-corrected chi connectivity index (χ3v) is 10.4. The minimum Gasteiger partial charge on any atom is -0.462 e. The van der Waals surface area contributed by atoms with Gasteiger partial charge in [-0.05, 0) is 74.0 Å². The van der Waals surface area contributed by atoms with Crippen LogP contribution in [0.15, 0.2) is 0 Å². The molecule has 5 heteroatoms. The zero-order valence-electron chi connectivity index (χ0n) is 19.6. The summed E-state index contributed by atoms with van der Waals surface area (Å²) >= 11 is 0. The molecule has 1 heterocycles. The summed E-state index contributed by atoms with van der Waals surface area (Å²) in [4.78, 5) is 27.1. The quantitative estimate of drug-likeness (QED) is 0.624. The van der Waals surface area contributed by atoms with E-state index in [1.807, 2.05) is 0 Å². The van der Waals surface area contributed by atoms with Gasteiger partial charge >= 0.3 is 5.97 Å². The number of morpholine rings is 1. The van der Waals surface area contributed by atoms with Crippen LogP contribution in [0.2, 0.25) is 0 Å². The van der Waals surface area contributed by atoms with Crippen molar-refractivity contribution in [2.45, 2.75) is 84.2 Å². The van der Waals surface area contributed by atoms with Gasteiger partial charge in [-0.1, -0.05) is 13.8 Å². The van der Waals surface area contributed by atoms with Gasteiger partial charge in [0.1, 0.15) is 11.9 Å². The molecule has 0 amide bonds. The van der Waals surface area contributed by atoms with Crippen LogP contribution in [-0.2, 0) is 19.1 Å². The lowest BCUT2D eigenvalue weighted by Gasteiger charge is -2.60. The van der Waals surface area contributed by atoms with Gasteiger partial charge < -0.3 is 9.47 Å². The predicted molar refractivity (Wildman–Crippen MR) is 118 cm³/mol. The van der Waals surface area contributed by atoms with Crippen LogP contribution < -0.4 is 0 Å². The van der Waals surface area contributed by atoms with Gasteiger partial charge in [0.2, 0.25) is 0 Å². The van der Waals surface area contributed by atoms with Gasteiger partial charge in [0.05, 0.1) is 19.6 Å². The zero-order chi connectivity index (χ0) is 21.6. The summed E-state index contributed by atoms with van der Waals surface area (Å²) in [7, 11) is 0. The number of ether oxygens (including phenoxy) is 2. The van der Waals surface area contributed by atoms with E-state index >= 15 is 0 Å². The van der Waals surface area contributed by atoms with Crippen LogP contribution in [0.25, 0.3) is 0 Å². The Bertz CT molecular complexity index is 704. The highest BCUT2D eigenvalue weighted by Gasteiger charge is 2.61. The monoisotopic (exact) mass is 431 g/mol. The van der Waals surface area contributed by atoms with Gasteiger partial charge in [-0.3, -0.25) is 14.5 Å². The molecule has 0 unspecified atom stereocenters. The molecule has 0 spiro atoms. The number of fused-ring (bicyclic) bond motifs is 5. The summed E-state index contributed by atoms with van der Waals surface area (Å²) in [6.45, 7) is 9.09. The Balaban J connectivity index is 1.22. The summed E-state index contributed by atoms with van der Waals surface area (Å²) in [5, 5.41) is 0. The molecule has 0 bridgehead atoms. The fourth-order valence-electron chi connectivity index (χ4n) is 8.48. The molecule has 0 aromatic carbocycles. The molecule has 174 valence electrons. The summed E-state index contributed by atoms with van der Waals surface area (Å²) < 4.78 is 11.6. The third kappa shape index (κ3) is 3.88. The molecule has 4 aliphatic carbocycles. The summed E-state index contributed by atoms with van der Waals surface area (Å²) in [5.41, 5.74) is 0.495. The number of esters is 1. The summed E-state index contributed by atoms with van der Waals surface area (Å²) in [6, 6.07) is 0. The van der Waals surface area contributed by atoms with Crippen molar-refractivity contribution in [3.63, 3.8) is 0 Å². The molecule has 5 aliphatic rings. The molecule has 5 rings (SSSR count). The Morgan fingerprint density at radius 1 is 1.03 bits per heavy atom. The van der Waals surface area contributed by atoms with Crippen molar-refractivity contribution in [1.82, 2.24) is 4.90 Å². The highest BCUT2D eigenvalue weighted by molar-refractivity contribution is 5.79. The van der Waals surface area contributed by atoms with Crippen LogP contribution in [0.1, 0.15) is 78.1 Å². The van der Waals surface area contributed by atoms with Crippen LogP contribution in [-0.4, -0.2) is 55.6 Å². The van der Waals surface area contributed by atoms with Gasteiger partial charge in [0, 0.05) is 37.9 Å². The Labute approximate surface area is 187 Å². The average molecular weight is 432 g/mol. The molecular formula is C26H41NO4. The Morgan fingerprint density at radius 2 is 1.81 bits per heavy atom. The first-order chi connectivity index (χ1) is 14.9. The second-order valence-corrected chi connectivity index (χ2v) is 11.7. The smallest absolute Gasteiger partial charge is 0.307 e. The largest absolute Gasteiger partial charge is 0.462 e. The number of carbonyl (C=O) groups excluding carboxylic acids is 2. The van der Waals surface area contributed by atoms with Crippen molar-refractivity contribution in [3.05, 3.63) is 0 Å². The molecule has 5 fully saturated rings. The minimum atomic E-state index is -0.0121. The fraction of sp³-hybridized carbons (Fsp3) is 0.923. The van der Waals surface area contributed by atoms with E-state index < -0.39 is 0 Å². The maximum Gasteiger partial charge on any atom is 0.307 e. The zero-order valence-corrected chi connectivity index (χ0v) is 19.6. The van der Waals surface area contributed by atoms with Crippen molar-refractivity contribution in [1.29, 1.82) is 0 Å². The summed E-state index contributed by atoms with van der Waals surface area (Å²) in [5.74, 6) is 3.28. The topological polar surface area (TPSA) is 55.8 Å². The van der Waals surface area contributed by atoms with E-state index in [-0.39, 0.29) is 17.5 Å². The molecule has 0 aromatic rings. The Morgan fingerprint density at radius 3 is 2.61 bits per heavy atom. The molecule has 0 radical (unpaired) electrons. The van der Waals surface area contributed by atoms with E-state index in [4.69, 9.17) is 9.47 Å². The summed E-state index contributed by atoms with van der Waals surface area (Å²) in [6.07, 6.45) is 10.5. The molecule has 5 nitrogen and oxygen atoms in total. The van der Waals surface area contributed by atoms with Crippen LogP contribution >= 0.6 is 0 Å². The first-order valence-corrected chi connectivity index (χ1v) is 12.9. The van der Waals surface area contributed by atoms with Crippen molar-refractivity contribution in [3.8, 4) is 0 Å². The van der Waals surface area contributed by atoms with Crippen LogP contribution in [0.3, 0.4) is 0 Å². The lowest BCUT2D eigenvalue weighted by Crippen LogP contribution is -2.54. The first-order valence-electron chi connectivity index (χ1n) is 12.9. The normalized spacial score (nSPS) is 45.5. The van der Waals surface area contributed by atoms with E-state index in [0.717, 1.165) is 70.4 Å². The molecule has 4 saturated carbocycles. The molecule has 1 saturated heterocycles. The molecule has 0 N–H and O–H groups in total. The molecular weight excluding hydrogens is 390 g/mol. The number of hydrogen-bond acceptors (Lipinski definition) is 5.